The Morgan fingerprint density at radius 2 is 2.14 bits per heavy atom. The molecule has 1 atom stereocenters. The Hall–Kier alpha value is -1.99. The molecular weight excluding hydrogens is 291 g/mol. The van der Waals surface area contributed by atoms with Gasteiger partial charge in [0.05, 0.1) is 12.5 Å². The average Bonchev–Trinajstić information content (AvgIpc) is 3.04. The standard InChI is InChI=1S/C13H14F3NO4/c14-13(15,16)12(11(19)20)4-5-17(8-12)10(18)2-1-9-3-6-21-7-9/h3,6-7H,1-2,4-5,8H2,(H,19,20). The van der Waals surface area contributed by atoms with E-state index in [1.54, 1.807) is 6.07 Å². The second-order valence-electron chi connectivity index (χ2n) is 5.08. The summed E-state index contributed by atoms with van der Waals surface area (Å²) in [5, 5.41) is 8.91. The maximum atomic E-state index is 13.0. The molecule has 1 saturated heterocycles. The third kappa shape index (κ3) is 2.88. The van der Waals surface area contributed by atoms with Crippen LogP contribution in [0.25, 0.3) is 0 Å². The normalized spacial score (nSPS) is 22.5. The number of aliphatic carboxylic acids is 1. The fourth-order valence-corrected chi connectivity index (χ4v) is 2.39. The van der Waals surface area contributed by atoms with Crippen molar-refractivity contribution in [1.29, 1.82) is 0 Å². The number of aryl methyl sites for hydroxylation is 1. The lowest BCUT2D eigenvalue weighted by Crippen LogP contribution is -2.47. The van der Waals surface area contributed by atoms with Crippen LogP contribution >= 0.6 is 0 Å². The molecule has 0 spiro atoms. The summed E-state index contributed by atoms with van der Waals surface area (Å²) in [6, 6.07) is 1.66. The number of carbonyl (C=O) groups excluding carboxylic acids is 1. The van der Waals surface area contributed by atoms with Crippen LogP contribution in [-0.2, 0) is 16.0 Å². The molecule has 5 nitrogen and oxygen atoms in total. The molecule has 8 heteroatoms. The highest BCUT2D eigenvalue weighted by Gasteiger charge is 2.64. The van der Waals surface area contributed by atoms with E-state index >= 15 is 0 Å². The van der Waals surface area contributed by atoms with Gasteiger partial charge in [0.2, 0.25) is 5.91 Å². The van der Waals surface area contributed by atoms with Gasteiger partial charge in [-0.15, -0.1) is 0 Å². The Morgan fingerprint density at radius 3 is 2.62 bits per heavy atom. The summed E-state index contributed by atoms with van der Waals surface area (Å²) in [7, 11) is 0. The van der Waals surface area contributed by atoms with Crippen LogP contribution in [0.15, 0.2) is 23.0 Å². The van der Waals surface area contributed by atoms with E-state index in [9.17, 15) is 22.8 Å². The minimum Gasteiger partial charge on any atom is -0.481 e. The lowest BCUT2D eigenvalue weighted by Gasteiger charge is -2.27. The highest BCUT2D eigenvalue weighted by atomic mass is 19.4. The summed E-state index contributed by atoms with van der Waals surface area (Å²) in [6.45, 7) is -1.02. The number of hydrogen-bond donors (Lipinski definition) is 1. The van der Waals surface area contributed by atoms with E-state index in [1.165, 1.54) is 12.5 Å². The van der Waals surface area contributed by atoms with Gasteiger partial charge in [0.25, 0.3) is 0 Å². The number of carbonyl (C=O) groups is 2. The molecule has 1 fully saturated rings. The van der Waals surface area contributed by atoms with Crippen LogP contribution in [0.5, 0.6) is 0 Å². The molecule has 0 aliphatic carbocycles. The Bertz CT molecular complexity index is 526. The summed E-state index contributed by atoms with van der Waals surface area (Å²) in [4.78, 5) is 23.9. The molecule has 2 rings (SSSR count). The van der Waals surface area contributed by atoms with Crippen molar-refractivity contribution in [2.45, 2.75) is 25.4 Å². The maximum Gasteiger partial charge on any atom is 0.406 e. The van der Waals surface area contributed by atoms with Gasteiger partial charge in [0.1, 0.15) is 0 Å². The fourth-order valence-electron chi connectivity index (χ4n) is 2.39. The number of hydrogen-bond acceptors (Lipinski definition) is 3. The van der Waals surface area contributed by atoms with Crippen LogP contribution in [0.1, 0.15) is 18.4 Å². The Morgan fingerprint density at radius 1 is 1.43 bits per heavy atom. The molecule has 1 aromatic heterocycles. The molecule has 116 valence electrons. The molecule has 0 radical (unpaired) electrons. The molecule has 2 heterocycles. The molecule has 1 N–H and O–H groups in total. The Labute approximate surface area is 118 Å². The first-order chi connectivity index (χ1) is 9.76. The molecule has 1 unspecified atom stereocenters. The third-order valence-corrected chi connectivity index (χ3v) is 3.78. The average molecular weight is 305 g/mol. The monoisotopic (exact) mass is 305 g/mol. The van der Waals surface area contributed by atoms with E-state index in [0.29, 0.717) is 6.42 Å². The zero-order valence-electron chi connectivity index (χ0n) is 11.0. The van der Waals surface area contributed by atoms with Crippen LogP contribution in [0.3, 0.4) is 0 Å². The second kappa shape index (κ2) is 5.42. The lowest BCUT2D eigenvalue weighted by molar-refractivity contribution is -0.227. The minimum absolute atomic E-state index is 0.0209. The zero-order chi connectivity index (χ0) is 15.7. The van der Waals surface area contributed by atoms with Crippen molar-refractivity contribution >= 4 is 11.9 Å². The third-order valence-electron chi connectivity index (χ3n) is 3.78. The summed E-state index contributed by atoms with van der Waals surface area (Å²) >= 11 is 0. The second-order valence-corrected chi connectivity index (χ2v) is 5.08. The SMILES string of the molecule is O=C(CCc1ccoc1)N1CCC(C(=O)O)(C(F)(F)F)C1. The van der Waals surface area contributed by atoms with Crippen LogP contribution in [0.4, 0.5) is 13.2 Å². The Balaban J connectivity index is 2.00. The van der Waals surface area contributed by atoms with E-state index in [4.69, 9.17) is 9.52 Å². The molecule has 0 bridgehead atoms. The summed E-state index contributed by atoms with van der Waals surface area (Å²) in [6.07, 6.45) is -2.23. The van der Waals surface area contributed by atoms with E-state index in [0.717, 1.165) is 10.5 Å². The summed E-state index contributed by atoms with van der Waals surface area (Å²) in [5.74, 6) is -2.41. The molecule has 1 aliphatic heterocycles. The fraction of sp³-hybridized carbons (Fsp3) is 0.538. The van der Waals surface area contributed by atoms with Crippen LogP contribution in [0, 0.1) is 5.41 Å². The smallest absolute Gasteiger partial charge is 0.406 e. The van der Waals surface area contributed by atoms with E-state index in [-0.39, 0.29) is 13.0 Å². The number of alkyl halides is 3. The van der Waals surface area contributed by atoms with Crippen molar-refractivity contribution in [3.8, 4) is 0 Å². The highest BCUT2D eigenvalue weighted by Crippen LogP contribution is 2.45. The quantitative estimate of drug-likeness (QED) is 0.924. The van der Waals surface area contributed by atoms with Crippen molar-refractivity contribution in [2.24, 2.45) is 5.41 Å². The number of furan rings is 1. The van der Waals surface area contributed by atoms with Crippen LogP contribution < -0.4 is 0 Å². The van der Waals surface area contributed by atoms with E-state index < -0.39 is 36.4 Å². The largest absolute Gasteiger partial charge is 0.481 e. The van der Waals surface area contributed by atoms with Gasteiger partial charge in [-0.05, 0) is 24.5 Å². The van der Waals surface area contributed by atoms with Crippen LogP contribution in [0.2, 0.25) is 0 Å². The molecule has 1 aromatic rings. The van der Waals surface area contributed by atoms with Gasteiger partial charge >= 0.3 is 12.1 Å². The van der Waals surface area contributed by atoms with E-state index in [1.807, 2.05) is 0 Å². The number of likely N-dealkylation sites (tertiary alicyclic amines) is 1. The predicted molar refractivity (Wildman–Crippen MR) is 64.3 cm³/mol. The minimum atomic E-state index is -4.88. The number of nitrogens with zero attached hydrogens (tertiary/aromatic N) is 1. The van der Waals surface area contributed by atoms with Gasteiger partial charge in [0.15, 0.2) is 5.41 Å². The first-order valence-electron chi connectivity index (χ1n) is 6.35. The van der Waals surface area contributed by atoms with Crippen molar-refractivity contribution in [1.82, 2.24) is 4.90 Å². The van der Waals surface area contributed by atoms with Gasteiger partial charge in [-0.3, -0.25) is 9.59 Å². The molecule has 1 amide bonds. The first-order valence-corrected chi connectivity index (χ1v) is 6.35. The Kier molecular flexibility index (Phi) is 3.97. The number of rotatable bonds is 4. The van der Waals surface area contributed by atoms with Crippen molar-refractivity contribution < 1.29 is 32.3 Å². The predicted octanol–water partition coefficient (Wildman–Crippen LogP) is 2.08. The zero-order valence-corrected chi connectivity index (χ0v) is 11.0. The molecule has 0 aromatic carbocycles. The van der Waals surface area contributed by atoms with Gasteiger partial charge in [0, 0.05) is 19.5 Å². The van der Waals surface area contributed by atoms with Crippen molar-refractivity contribution in [2.75, 3.05) is 13.1 Å². The van der Waals surface area contributed by atoms with E-state index in [2.05, 4.69) is 0 Å². The summed E-state index contributed by atoms with van der Waals surface area (Å²) < 4.78 is 43.8. The first kappa shape index (κ1) is 15.4. The van der Waals surface area contributed by atoms with Crippen LogP contribution in [-0.4, -0.2) is 41.1 Å². The highest BCUT2D eigenvalue weighted by molar-refractivity contribution is 5.81. The van der Waals surface area contributed by atoms with Gasteiger partial charge in [-0.25, -0.2) is 0 Å². The molecule has 21 heavy (non-hydrogen) atoms. The molecule has 1 aliphatic rings. The molecular formula is C13H14F3NO4. The summed E-state index contributed by atoms with van der Waals surface area (Å²) in [5.41, 5.74) is -2.08. The number of carboxylic acid groups (broad SMARTS) is 1. The van der Waals surface area contributed by atoms with Gasteiger partial charge < -0.3 is 14.4 Å². The van der Waals surface area contributed by atoms with Crippen molar-refractivity contribution in [3.63, 3.8) is 0 Å². The topological polar surface area (TPSA) is 70.8 Å². The number of carboxylic acids is 1. The molecule has 0 saturated carbocycles. The van der Waals surface area contributed by atoms with Crippen molar-refractivity contribution in [3.05, 3.63) is 24.2 Å². The van der Waals surface area contributed by atoms with Gasteiger partial charge in [-0.2, -0.15) is 13.2 Å². The maximum absolute atomic E-state index is 13.0. The van der Waals surface area contributed by atoms with Gasteiger partial charge in [-0.1, -0.05) is 0 Å². The lowest BCUT2D eigenvalue weighted by atomic mass is 9.86. The number of halogens is 3. The number of amides is 1.